The predicted octanol–water partition coefficient (Wildman–Crippen LogP) is 3.68. The topological polar surface area (TPSA) is 39.9 Å². The summed E-state index contributed by atoms with van der Waals surface area (Å²) in [5.41, 5.74) is 3.29. The van der Waals surface area contributed by atoms with E-state index in [4.69, 9.17) is 9.72 Å². The number of hydrogen-bond donors (Lipinski definition) is 0. The summed E-state index contributed by atoms with van der Waals surface area (Å²) in [4.78, 5) is 9.19. The summed E-state index contributed by atoms with van der Waals surface area (Å²) in [6, 6.07) is 12.2. The predicted molar refractivity (Wildman–Crippen MR) is 83.7 cm³/mol. The van der Waals surface area contributed by atoms with E-state index < -0.39 is 0 Å². The summed E-state index contributed by atoms with van der Waals surface area (Å²) >= 11 is 1.78. The quantitative estimate of drug-likeness (QED) is 0.739. The van der Waals surface area contributed by atoms with Gasteiger partial charge in [-0.2, -0.15) is 0 Å². The normalized spacial score (nSPS) is 17.1. The first-order chi connectivity index (χ1) is 10.3. The Morgan fingerprint density at radius 3 is 3.10 bits per heavy atom. The molecular formula is C16H15N3OS. The molecule has 0 amide bonds. The standard InChI is InChI=1S/C16H15N3OS/c1-2-20-11-6-7-14-13(9-11)18-16-19(14)10-15(21-16)12-5-3-4-8-17-12/h3-9,15H,2,10H2,1H3. The van der Waals surface area contributed by atoms with E-state index in [0.717, 1.165) is 28.7 Å². The van der Waals surface area contributed by atoms with Gasteiger partial charge in [0.05, 0.1) is 28.6 Å². The van der Waals surface area contributed by atoms with Crippen LogP contribution in [0.1, 0.15) is 17.9 Å². The molecule has 3 heterocycles. The van der Waals surface area contributed by atoms with Gasteiger partial charge in [-0.1, -0.05) is 17.8 Å². The molecule has 2 aromatic heterocycles. The van der Waals surface area contributed by atoms with Crippen molar-refractivity contribution in [1.29, 1.82) is 0 Å². The summed E-state index contributed by atoms with van der Waals surface area (Å²) in [6.45, 7) is 3.59. The van der Waals surface area contributed by atoms with E-state index in [9.17, 15) is 0 Å². The van der Waals surface area contributed by atoms with E-state index in [2.05, 4.69) is 21.7 Å². The number of pyridine rings is 1. The van der Waals surface area contributed by atoms with E-state index in [1.807, 2.05) is 37.4 Å². The highest BCUT2D eigenvalue weighted by Gasteiger charge is 2.27. The fourth-order valence-corrected chi connectivity index (χ4v) is 3.85. The molecule has 0 spiro atoms. The van der Waals surface area contributed by atoms with Crippen molar-refractivity contribution in [2.24, 2.45) is 0 Å². The van der Waals surface area contributed by atoms with Crippen molar-refractivity contribution in [3.8, 4) is 5.75 Å². The highest BCUT2D eigenvalue weighted by Crippen LogP contribution is 2.43. The van der Waals surface area contributed by atoms with Crippen molar-refractivity contribution in [2.45, 2.75) is 23.9 Å². The van der Waals surface area contributed by atoms with Crippen molar-refractivity contribution in [3.63, 3.8) is 0 Å². The maximum atomic E-state index is 5.54. The summed E-state index contributed by atoms with van der Waals surface area (Å²) < 4.78 is 7.81. The second-order valence-corrected chi connectivity index (χ2v) is 6.12. The van der Waals surface area contributed by atoms with E-state index in [1.165, 1.54) is 5.52 Å². The molecule has 5 heteroatoms. The largest absolute Gasteiger partial charge is 0.494 e. The van der Waals surface area contributed by atoms with Gasteiger partial charge in [0.15, 0.2) is 5.16 Å². The molecule has 4 nitrogen and oxygen atoms in total. The van der Waals surface area contributed by atoms with Crippen molar-refractivity contribution in [1.82, 2.24) is 14.5 Å². The van der Waals surface area contributed by atoms with Crippen LogP contribution in [0.15, 0.2) is 47.8 Å². The van der Waals surface area contributed by atoms with Crippen LogP contribution in [0.3, 0.4) is 0 Å². The minimum atomic E-state index is 0.352. The van der Waals surface area contributed by atoms with Crippen LogP contribution in [0, 0.1) is 0 Å². The Labute approximate surface area is 127 Å². The molecule has 0 bridgehead atoms. The third-order valence-corrected chi connectivity index (χ3v) is 4.81. The third kappa shape index (κ3) is 2.17. The van der Waals surface area contributed by atoms with Crippen molar-refractivity contribution < 1.29 is 4.74 Å². The molecule has 0 aliphatic carbocycles. The van der Waals surface area contributed by atoms with Crippen LogP contribution in [0.4, 0.5) is 0 Å². The van der Waals surface area contributed by atoms with Gasteiger partial charge in [-0.25, -0.2) is 4.98 Å². The summed E-state index contributed by atoms with van der Waals surface area (Å²) in [5.74, 6) is 0.882. The third-order valence-electron chi connectivity index (χ3n) is 3.61. The smallest absolute Gasteiger partial charge is 0.169 e. The van der Waals surface area contributed by atoms with Crippen LogP contribution in [0.2, 0.25) is 0 Å². The first-order valence-corrected chi connectivity index (χ1v) is 7.94. The van der Waals surface area contributed by atoms with E-state index in [-0.39, 0.29) is 0 Å². The summed E-state index contributed by atoms with van der Waals surface area (Å²) in [7, 11) is 0. The SMILES string of the molecule is CCOc1ccc2c(c1)nc1n2CC(c2ccccn2)S1. The zero-order valence-corrected chi connectivity index (χ0v) is 12.5. The molecule has 1 atom stereocenters. The average molecular weight is 297 g/mol. The van der Waals surface area contributed by atoms with Crippen LogP contribution < -0.4 is 4.74 Å². The van der Waals surface area contributed by atoms with Gasteiger partial charge < -0.3 is 9.30 Å². The number of benzene rings is 1. The number of thioether (sulfide) groups is 1. The number of imidazole rings is 1. The number of aromatic nitrogens is 3. The monoisotopic (exact) mass is 297 g/mol. The van der Waals surface area contributed by atoms with E-state index in [0.29, 0.717) is 11.9 Å². The summed E-state index contributed by atoms with van der Waals surface area (Å²) in [6.07, 6.45) is 1.85. The average Bonchev–Trinajstić information content (AvgIpc) is 3.05. The zero-order chi connectivity index (χ0) is 14.2. The summed E-state index contributed by atoms with van der Waals surface area (Å²) in [5, 5.41) is 1.42. The highest BCUT2D eigenvalue weighted by molar-refractivity contribution is 7.99. The number of nitrogens with zero attached hydrogens (tertiary/aromatic N) is 3. The molecule has 1 unspecified atom stereocenters. The Morgan fingerprint density at radius 2 is 2.29 bits per heavy atom. The second kappa shape index (κ2) is 5.07. The van der Waals surface area contributed by atoms with Crippen molar-refractivity contribution >= 4 is 22.8 Å². The van der Waals surface area contributed by atoms with Gasteiger partial charge in [0.1, 0.15) is 5.75 Å². The van der Waals surface area contributed by atoms with Gasteiger partial charge in [-0.15, -0.1) is 0 Å². The van der Waals surface area contributed by atoms with Crippen LogP contribution in [-0.2, 0) is 6.54 Å². The fourth-order valence-electron chi connectivity index (χ4n) is 2.66. The van der Waals surface area contributed by atoms with Crippen molar-refractivity contribution in [2.75, 3.05) is 6.61 Å². The van der Waals surface area contributed by atoms with E-state index >= 15 is 0 Å². The molecule has 106 valence electrons. The van der Waals surface area contributed by atoms with Gasteiger partial charge in [0.25, 0.3) is 0 Å². The lowest BCUT2D eigenvalue weighted by Gasteiger charge is -2.07. The van der Waals surface area contributed by atoms with Crippen LogP contribution >= 0.6 is 11.8 Å². The maximum absolute atomic E-state index is 5.54. The molecule has 4 rings (SSSR count). The van der Waals surface area contributed by atoms with Crippen LogP contribution in [-0.4, -0.2) is 21.1 Å². The second-order valence-electron chi connectivity index (χ2n) is 4.95. The van der Waals surface area contributed by atoms with E-state index in [1.54, 1.807) is 11.8 Å². The number of rotatable bonds is 3. The lowest BCUT2D eigenvalue weighted by atomic mass is 10.2. The van der Waals surface area contributed by atoms with Gasteiger partial charge in [-0.3, -0.25) is 4.98 Å². The Bertz CT molecular complexity index is 785. The molecule has 1 aromatic carbocycles. The molecule has 0 fully saturated rings. The minimum Gasteiger partial charge on any atom is -0.494 e. The van der Waals surface area contributed by atoms with Gasteiger partial charge in [-0.05, 0) is 31.2 Å². The van der Waals surface area contributed by atoms with Gasteiger partial charge in [0.2, 0.25) is 0 Å². The van der Waals surface area contributed by atoms with Crippen LogP contribution in [0.5, 0.6) is 5.75 Å². The van der Waals surface area contributed by atoms with Gasteiger partial charge >= 0.3 is 0 Å². The molecule has 1 aliphatic heterocycles. The first-order valence-electron chi connectivity index (χ1n) is 7.06. The molecular weight excluding hydrogens is 282 g/mol. The zero-order valence-electron chi connectivity index (χ0n) is 11.7. The van der Waals surface area contributed by atoms with Crippen molar-refractivity contribution in [3.05, 3.63) is 48.3 Å². The Kier molecular flexibility index (Phi) is 3.07. The Balaban J connectivity index is 1.68. The maximum Gasteiger partial charge on any atom is 0.169 e. The van der Waals surface area contributed by atoms with Crippen LogP contribution in [0.25, 0.3) is 11.0 Å². The molecule has 0 saturated heterocycles. The molecule has 0 saturated carbocycles. The molecule has 1 aliphatic rings. The fraction of sp³-hybridized carbons (Fsp3) is 0.250. The molecule has 0 radical (unpaired) electrons. The number of ether oxygens (including phenoxy) is 1. The molecule has 3 aromatic rings. The Morgan fingerprint density at radius 1 is 1.33 bits per heavy atom. The Hall–Kier alpha value is -2.01. The highest BCUT2D eigenvalue weighted by atomic mass is 32.2. The molecule has 0 N–H and O–H groups in total. The number of hydrogen-bond acceptors (Lipinski definition) is 4. The number of fused-ring (bicyclic) bond motifs is 3. The lowest BCUT2D eigenvalue weighted by molar-refractivity contribution is 0.340. The van der Waals surface area contributed by atoms with Gasteiger partial charge in [0, 0.05) is 18.8 Å². The first kappa shape index (κ1) is 12.7. The molecule has 21 heavy (non-hydrogen) atoms. The minimum absolute atomic E-state index is 0.352. The lowest BCUT2D eigenvalue weighted by Crippen LogP contribution is -2.00.